The van der Waals surface area contributed by atoms with Crippen LogP contribution in [0.3, 0.4) is 0 Å². The number of hydrogen-bond donors (Lipinski definition) is 1. The van der Waals surface area contributed by atoms with Gasteiger partial charge in [0.2, 0.25) is 0 Å². The Balaban J connectivity index is 1.08. The first-order valence-corrected chi connectivity index (χ1v) is 13.8. The zero-order valence-corrected chi connectivity index (χ0v) is 21.3. The minimum atomic E-state index is -0.444. The van der Waals surface area contributed by atoms with Crippen molar-refractivity contribution in [1.29, 1.82) is 0 Å². The molecule has 0 aromatic carbocycles. The normalized spacial score (nSPS) is 23.3. The van der Waals surface area contributed by atoms with E-state index in [1.165, 1.54) is 50.8 Å². The Bertz CT molecular complexity index is 1210. The molecule has 37 heavy (non-hydrogen) atoms. The molecule has 4 fully saturated rings. The molecule has 1 aliphatic carbocycles. The maximum Gasteiger partial charge on any atom is 0.152 e. The minimum absolute atomic E-state index is 0.444. The molecule has 0 spiro atoms. The molecular weight excluding hydrogens is 466 g/mol. The van der Waals surface area contributed by atoms with Crippen molar-refractivity contribution in [3.05, 3.63) is 42.6 Å². The summed E-state index contributed by atoms with van der Waals surface area (Å²) in [6, 6.07) is 4.91. The van der Waals surface area contributed by atoms with Gasteiger partial charge in [0.1, 0.15) is 17.2 Å². The van der Waals surface area contributed by atoms with Gasteiger partial charge in [-0.1, -0.05) is 5.21 Å². The Morgan fingerprint density at radius 2 is 1.81 bits per heavy atom. The van der Waals surface area contributed by atoms with Gasteiger partial charge in [-0.15, -0.1) is 5.10 Å². The van der Waals surface area contributed by atoms with Crippen molar-refractivity contribution in [2.75, 3.05) is 55.7 Å². The molecule has 10 nitrogen and oxygen atoms in total. The van der Waals surface area contributed by atoms with Gasteiger partial charge in [-0.05, 0) is 63.1 Å². The first-order chi connectivity index (χ1) is 18.3. The average Bonchev–Trinajstić information content (AvgIpc) is 3.36. The number of aromatic nitrogens is 6. The first kappa shape index (κ1) is 23.0. The van der Waals surface area contributed by atoms with Crippen molar-refractivity contribution < 1.29 is 4.74 Å². The summed E-state index contributed by atoms with van der Waals surface area (Å²) >= 11 is 0. The highest BCUT2D eigenvalue weighted by Crippen LogP contribution is 2.34. The van der Waals surface area contributed by atoms with Crippen LogP contribution in [-0.4, -0.2) is 81.9 Å². The zero-order chi connectivity index (χ0) is 24.7. The largest absolute Gasteiger partial charge is 0.375 e. The quantitative estimate of drug-likeness (QED) is 0.499. The number of anilines is 2. The molecule has 3 aromatic heterocycles. The Morgan fingerprint density at radius 1 is 0.946 bits per heavy atom. The molecule has 0 amide bonds. The zero-order valence-electron chi connectivity index (χ0n) is 21.3. The molecule has 1 atom stereocenters. The summed E-state index contributed by atoms with van der Waals surface area (Å²) in [5, 5.41) is 12.7. The maximum absolute atomic E-state index is 5.68. The van der Waals surface area contributed by atoms with E-state index in [4.69, 9.17) is 14.7 Å². The van der Waals surface area contributed by atoms with E-state index in [-0.39, 0.29) is 0 Å². The summed E-state index contributed by atoms with van der Waals surface area (Å²) in [6.07, 6.45) is 15.2. The molecule has 0 radical (unpaired) electrons. The Hall–Kier alpha value is -3.11. The second-order valence-electron chi connectivity index (χ2n) is 11.1. The standard InChI is InChI=1S/C27H35N9O/c1-2-10-34(9-1)26-15-28-14-23(31-26)24-17-36(33-32-24)27(18-37-19-27)25-8-7-22(13-30-25)35-11-3-4-21(16-35)29-12-20-5-6-20/h7-8,13-15,17,20-21,29H,1-6,9-12,16,18-19H2. The van der Waals surface area contributed by atoms with Crippen LogP contribution in [0.2, 0.25) is 0 Å². The van der Waals surface area contributed by atoms with Gasteiger partial charge in [-0.2, -0.15) is 0 Å². The van der Waals surface area contributed by atoms with Gasteiger partial charge in [-0.25, -0.2) is 9.67 Å². The van der Waals surface area contributed by atoms with E-state index >= 15 is 0 Å². The molecule has 1 saturated carbocycles. The number of nitrogens with zero attached hydrogens (tertiary/aromatic N) is 8. The molecule has 3 aliphatic heterocycles. The fraction of sp³-hybridized carbons (Fsp3) is 0.593. The third-order valence-electron chi connectivity index (χ3n) is 8.33. The summed E-state index contributed by atoms with van der Waals surface area (Å²) < 4.78 is 7.58. The molecular formula is C27H35N9O. The van der Waals surface area contributed by atoms with Gasteiger partial charge >= 0.3 is 0 Å². The predicted octanol–water partition coefficient (Wildman–Crippen LogP) is 2.47. The van der Waals surface area contributed by atoms with E-state index in [1.807, 2.05) is 23.3 Å². The van der Waals surface area contributed by atoms with E-state index in [2.05, 4.69) is 42.5 Å². The number of pyridine rings is 1. The van der Waals surface area contributed by atoms with Crippen LogP contribution in [0.25, 0.3) is 11.4 Å². The van der Waals surface area contributed by atoms with E-state index in [1.54, 1.807) is 6.20 Å². The molecule has 3 saturated heterocycles. The van der Waals surface area contributed by atoms with Crippen LogP contribution in [0.1, 0.15) is 44.2 Å². The third kappa shape index (κ3) is 4.57. The Morgan fingerprint density at radius 3 is 2.57 bits per heavy atom. The van der Waals surface area contributed by atoms with Crippen molar-refractivity contribution in [2.45, 2.75) is 50.1 Å². The number of piperidine rings is 1. The Labute approximate surface area is 217 Å². The van der Waals surface area contributed by atoms with E-state index in [9.17, 15) is 0 Å². The van der Waals surface area contributed by atoms with Gasteiger partial charge in [-0.3, -0.25) is 9.97 Å². The highest BCUT2D eigenvalue weighted by molar-refractivity contribution is 5.55. The second kappa shape index (κ2) is 9.64. The number of hydrogen-bond acceptors (Lipinski definition) is 9. The second-order valence-corrected chi connectivity index (χ2v) is 11.1. The number of rotatable bonds is 8. The van der Waals surface area contributed by atoms with Crippen molar-refractivity contribution in [3.8, 4) is 11.4 Å². The Kier molecular flexibility index (Phi) is 6.01. The van der Waals surface area contributed by atoms with Gasteiger partial charge in [0.05, 0.1) is 49.4 Å². The third-order valence-corrected chi connectivity index (χ3v) is 8.33. The predicted molar refractivity (Wildman–Crippen MR) is 141 cm³/mol. The molecule has 4 aliphatic rings. The van der Waals surface area contributed by atoms with Crippen LogP contribution in [-0.2, 0) is 10.3 Å². The highest BCUT2D eigenvalue weighted by atomic mass is 16.5. The molecule has 1 N–H and O–H groups in total. The number of nitrogens with one attached hydrogen (secondary N) is 1. The van der Waals surface area contributed by atoms with Crippen molar-refractivity contribution >= 4 is 11.5 Å². The van der Waals surface area contributed by atoms with Crippen LogP contribution >= 0.6 is 0 Å². The smallest absolute Gasteiger partial charge is 0.152 e. The van der Waals surface area contributed by atoms with Gasteiger partial charge < -0.3 is 19.9 Å². The molecule has 6 heterocycles. The lowest BCUT2D eigenvalue weighted by Gasteiger charge is -2.40. The molecule has 194 valence electrons. The van der Waals surface area contributed by atoms with Crippen LogP contribution in [0, 0.1) is 5.92 Å². The summed E-state index contributed by atoms with van der Waals surface area (Å²) in [7, 11) is 0. The summed E-state index contributed by atoms with van der Waals surface area (Å²) in [5.74, 6) is 1.82. The molecule has 0 bridgehead atoms. The summed E-state index contributed by atoms with van der Waals surface area (Å²) in [6.45, 7) is 6.42. The first-order valence-electron chi connectivity index (χ1n) is 13.8. The van der Waals surface area contributed by atoms with Crippen LogP contribution in [0.4, 0.5) is 11.5 Å². The molecule has 7 rings (SSSR count). The minimum Gasteiger partial charge on any atom is -0.375 e. The van der Waals surface area contributed by atoms with E-state index in [0.29, 0.717) is 19.3 Å². The number of ether oxygens (including phenoxy) is 1. The lowest BCUT2D eigenvalue weighted by atomic mass is 9.92. The van der Waals surface area contributed by atoms with E-state index < -0.39 is 5.54 Å². The topological polar surface area (TPSA) is 97.1 Å². The van der Waals surface area contributed by atoms with Crippen LogP contribution in [0.15, 0.2) is 36.9 Å². The average molecular weight is 502 g/mol. The summed E-state index contributed by atoms with van der Waals surface area (Å²) in [5.41, 5.74) is 3.15. The fourth-order valence-electron chi connectivity index (χ4n) is 5.74. The monoisotopic (exact) mass is 501 g/mol. The van der Waals surface area contributed by atoms with Gasteiger partial charge in [0, 0.05) is 32.2 Å². The van der Waals surface area contributed by atoms with Crippen molar-refractivity contribution in [1.82, 2.24) is 35.3 Å². The van der Waals surface area contributed by atoms with Crippen molar-refractivity contribution in [2.24, 2.45) is 5.92 Å². The lowest BCUT2D eigenvalue weighted by Crippen LogP contribution is -2.53. The highest BCUT2D eigenvalue weighted by Gasteiger charge is 2.45. The van der Waals surface area contributed by atoms with Crippen LogP contribution < -0.4 is 15.1 Å². The molecule has 1 unspecified atom stereocenters. The van der Waals surface area contributed by atoms with Gasteiger partial charge in [0.15, 0.2) is 5.54 Å². The van der Waals surface area contributed by atoms with Crippen LogP contribution in [0.5, 0.6) is 0 Å². The SMILES string of the molecule is c1cc(C2(n3cc(-c4cncc(N5CCCC5)n4)nn3)COC2)ncc1N1CCCC(NCC2CC2)C1. The van der Waals surface area contributed by atoms with E-state index in [0.717, 1.165) is 55.0 Å². The molecule has 10 heteroatoms. The van der Waals surface area contributed by atoms with Crippen molar-refractivity contribution in [3.63, 3.8) is 0 Å². The summed E-state index contributed by atoms with van der Waals surface area (Å²) in [4.78, 5) is 18.9. The maximum atomic E-state index is 5.68. The lowest BCUT2D eigenvalue weighted by molar-refractivity contribution is -0.0851. The van der Waals surface area contributed by atoms with Gasteiger partial charge in [0.25, 0.3) is 0 Å². The fourth-order valence-corrected chi connectivity index (χ4v) is 5.74. The molecule has 3 aromatic rings.